The molecular formula is C14H20N2O. The number of hydrogen-bond acceptors (Lipinski definition) is 3. The van der Waals surface area contributed by atoms with Crippen LogP contribution < -0.4 is 0 Å². The van der Waals surface area contributed by atoms with Gasteiger partial charge in [0.25, 0.3) is 0 Å². The van der Waals surface area contributed by atoms with Gasteiger partial charge in [-0.2, -0.15) is 0 Å². The molecule has 0 aromatic carbocycles. The Labute approximate surface area is 102 Å². The molecule has 1 aromatic heterocycles. The molecule has 0 spiro atoms. The molecule has 2 aliphatic heterocycles. The number of aromatic nitrogens is 1. The van der Waals surface area contributed by atoms with Crippen LogP contribution in [0.4, 0.5) is 0 Å². The summed E-state index contributed by atoms with van der Waals surface area (Å²) in [5, 5.41) is 10.8. The summed E-state index contributed by atoms with van der Waals surface area (Å²) in [5.74, 6) is 0. The van der Waals surface area contributed by atoms with E-state index >= 15 is 0 Å². The average molecular weight is 232 g/mol. The van der Waals surface area contributed by atoms with Crippen LogP contribution in [0.2, 0.25) is 0 Å². The van der Waals surface area contributed by atoms with Gasteiger partial charge in [-0.05, 0) is 51.3 Å². The minimum absolute atomic E-state index is 0.529. The smallest absolute Gasteiger partial charge is 0.109 e. The zero-order chi connectivity index (χ0) is 12.0. The van der Waals surface area contributed by atoms with Crippen LogP contribution in [0.15, 0.2) is 18.3 Å². The van der Waals surface area contributed by atoms with Crippen molar-refractivity contribution in [3.63, 3.8) is 0 Å². The van der Waals surface area contributed by atoms with E-state index in [2.05, 4.69) is 16.9 Å². The van der Waals surface area contributed by atoms with E-state index in [4.69, 9.17) is 0 Å². The maximum Gasteiger partial charge on any atom is 0.109 e. The fourth-order valence-corrected chi connectivity index (χ4v) is 3.40. The highest BCUT2D eigenvalue weighted by atomic mass is 16.3. The van der Waals surface area contributed by atoms with Crippen molar-refractivity contribution in [3.05, 3.63) is 29.6 Å². The molecule has 2 aliphatic rings. The summed E-state index contributed by atoms with van der Waals surface area (Å²) in [6.07, 6.45) is 5.95. The van der Waals surface area contributed by atoms with E-state index in [9.17, 15) is 5.11 Å². The van der Waals surface area contributed by atoms with E-state index in [1.165, 1.54) is 12.8 Å². The summed E-state index contributed by atoms with van der Waals surface area (Å²) < 4.78 is 0. The Hall–Kier alpha value is -0.930. The zero-order valence-electron chi connectivity index (χ0n) is 10.6. The summed E-state index contributed by atoms with van der Waals surface area (Å²) in [5.41, 5.74) is 1.30. The van der Waals surface area contributed by atoms with E-state index in [0.29, 0.717) is 12.1 Å². The highest BCUT2D eigenvalue weighted by Gasteiger charge is 2.47. The molecule has 2 bridgehead atoms. The van der Waals surface area contributed by atoms with Crippen LogP contribution in [0.25, 0.3) is 0 Å². The molecule has 0 aliphatic carbocycles. The molecule has 3 heterocycles. The van der Waals surface area contributed by atoms with Gasteiger partial charge in [-0.25, -0.2) is 0 Å². The number of rotatable bonds is 1. The highest BCUT2D eigenvalue weighted by Crippen LogP contribution is 2.44. The van der Waals surface area contributed by atoms with Crippen molar-refractivity contribution in [1.82, 2.24) is 9.88 Å². The van der Waals surface area contributed by atoms with Crippen molar-refractivity contribution < 1.29 is 5.11 Å². The van der Waals surface area contributed by atoms with Crippen LogP contribution >= 0.6 is 0 Å². The van der Waals surface area contributed by atoms with Crippen molar-refractivity contribution in [2.75, 3.05) is 7.05 Å². The molecule has 2 saturated heterocycles. The van der Waals surface area contributed by atoms with Crippen molar-refractivity contribution in [1.29, 1.82) is 0 Å². The van der Waals surface area contributed by atoms with Crippen LogP contribution in [0.3, 0.4) is 0 Å². The number of nitrogens with zero attached hydrogens (tertiary/aromatic N) is 2. The van der Waals surface area contributed by atoms with Crippen molar-refractivity contribution in [2.45, 2.75) is 50.3 Å². The zero-order valence-corrected chi connectivity index (χ0v) is 10.6. The quantitative estimate of drug-likeness (QED) is 0.802. The van der Waals surface area contributed by atoms with Crippen LogP contribution in [0.1, 0.15) is 36.9 Å². The molecule has 2 fully saturated rings. The van der Waals surface area contributed by atoms with Crippen LogP contribution in [0, 0.1) is 6.92 Å². The number of fused-ring (bicyclic) bond motifs is 2. The van der Waals surface area contributed by atoms with Crippen LogP contribution in [-0.4, -0.2) is 34.1 Å². The highest BCUT2D eigenvalue weighted by molar-refractivity contribution is 5.20. The molecule has 3 nitrogen and oxygen atoms in total. The molecule has 3 rings (SSSR count). The lowest BCUT2D eigenvalue weighted by molar-refractivity contribution is -0.0524. The Kier molecular flexibility index (Phi) is 2.49. The van der Waals surface area contributed by atoms with Gasteiger partial charge in [0.1, 0.15) is 5.60 Å². The molecule has 92 valence electrons. The standard InChI is InChI=1S/C14H20N2O/c1-10-3-6-13(15-9-10)14(17)7-11-4-5-12(8-14)16(11)2/h3,6,9,11-12,17H,4-5,7-8H2,1-2H3. The van der Waals surface area contributed by atoms with Gasteiger partial charge < -0.3 is 10.0 Å². The second kappa shape index (κ2) is 3.79. The summed E-state index contributed by atoms with van der Waals surface area (Å²) in [7, 11) is 2.19. The third-order valence-corrected chi connectivity index (χ3v) is 4.52. The predicted molar refractivity (Wildman–Crippen MR) is 66.7 cm³/mol. The lowest BCUT2D eigenvalue weighted by Crippen LogP contribution is -2.47. The van der Waals surface area contributed by atoms with Crippen molar-refractivity contribution in [2.24, 2.45) is 0 Å². The SMILES string of the molecule is Cc1ccc(C2(O)CC3CCC(C2)N3C)nc1. The van der Waals surface area contributed by atoms with E-state index in [0.717, 1.165) is 24.1 Å². The molecular weight excluding hydrogens is 212 g/mol. The third kappa shape index (κ3) is 1.78. The summed E-state index contributed by atoms with van der Waals surface area (Å²) in [4.78, 5) is 6.86. The lowest BCUT2D eigenvalue weighted by atomic mass is 9.83. The van der Waals surface area contributed by atoms with Crippen molar-refractivity contribution in [3.8, 4) is 0 Å². The molecule has 0 saturated carbocycles. The molecule has 3 heteroatoms. The van der Waals surface area contributed by atoms with Gasteiger partial charge in [-0.15, -0.1) is 0 Å². The second-order valence-electron chi connectivity index (χ2n) is 5.71. The first-order chi connectivity index (χ1) is 8.08. The molecule has 2 unspecified atom stereocenters. The Morgan fingerprint density at radius 3 is 2.47 bits per heavy atom. The third-order valence-electron chi connectivity index (χ3n) is 4.52. The molecule has 1 aromatic rings. The topological polar surface area (TPSA) is 36.4 Å². The summed E-state index contributed by atoms with van der Waals surface area (Å²) in [6.45, 7) is 2.03. The monoisotopic (exact) mass is 232 g/mol. The fourth-order valence-electron chi connectivity index (χ4n) is 3.40. The fraction of sp³-hybridized carbons (Fsp3) is 0.643. The average Bonchev–Trinajstić information content (AvgIpc) is 2.53. The van der Waals surface area contributed by atoms with Gasteiger partial charge in [-0.1, -0.05) is 6.07 Å². The van der Waals surface area contributed by atoms with Gasteiger partial charge in [0.2, 0.25) is 0 Å². The van der Waals surface area contributed by atoms with Gasteiger partial charge in [0.05, 0.1) is 5.69 Å². The van der Waals surface area contributed by atoms with Crippen LogP contribution in [0.5, 0.6) is 0 Å². The van der Waals surface area contributed by atoms with E-state index in [-0.39, 0.29) is 0 Å². The molecule has 17 heavy (non-hydrogen) atoms. The molecule has 2 atom stereocenters. The first-order valence-electron chi connectivity index (χ1n) is 6.46. The Bertz CT molecular complexity index is 401. The Morgan fingerprint density at radius 2 is 1.94 bits per heavy atom. The van der Waals surface area contributed by atoms with E-state index in [1.807, 2.05) is 25.3 Å². The van der Waals surface area contributed by atoms with Crippen molar-refractivity contribution >= 4 is 0 Å². The second-order valence-corrected chi connectivity index (χ2v) is 5.71. The lowest BCUT2D eigenvalue weighted by Gasteiger charge is -2.41. The number of hydrogen-bond donors (Lipinski definition) is 1. The van der Waals surface area contributed by atoms with Crippen LogP contribution in [-0.2, 0) is 5.60 Å². The van der Waals surface area contributed by atoms with Gasteiger partial charge in [0, 0.05) is 18.3 Å². The predicted octanol–water partition coefficient (Wildman–Crippen LogP) is 1.83. The maximum absolute atomic E-state index is 10.8. The number of aryl methyl sites for hydroxylation is 1. The van der Waals surface area contributed by atoms with Gasteiger partial charge in [0.15, 0.2) is 0 Å². The normalized spacial score (nSPS) is 37.4. The Morgan fingerprint density at radius 1 is 1.29 bits per heavy atom. The van der Waals surface area contributed by atoms with E-state index in [1.54, 1.807) is 0 Å². The first-order valence-corrected chi connectivity index (χ1v) is 6.46. The first kappa shape index (κ1) is 11.2. The molecule has 1 N–H and O–H groups in total. The molecule has 0 radical (unpaired) electrons. The number of aliphatic hydroxyl groups is 1. The summed E-state index contributed by atoms with van der Waals surface area (Å²) in [6, 6.07) is 5.09. The minimum Gasteiger partial charge on any atom is -0.383 e. The van der Waals surface area contributed by atoms with Gasteiger partial charge >= 0.3 is 0 Å². The van der Waals surface area contributed by atoms with Gasteiger partial charge in [-0.3, -0.25) is 4.98 Å². The number of pyridine rings is 1. The number of piperidine rings is 1. The Balaban J connectivity index is 1.90. The van der Waals surface area contributed by atoms with E-state index < -0.39 is 5.60 Å². The maximum atomic E-state index is 10.8. The molecule has 0 amide bonds. The minimum atomic E-state index is -0.702. The summed E-state index contributed by atoms with van der Waals surface area (Å²) >= 11 is 0. The largest absolute Gasteiger partial charge is 0.383 e.